The molecule has 2 aliphatic rings. The van der Waals surface area contributed by atoms with Crippen molar-refractivity contribution in [1.29, 1.82) is 0 Å². The van der Waals surface area contributed by atoms with E-state index in [-0.39, 0.29) is 18.6 Å². The van der Waals surface area contributed by atoms with E-state index in [0.717, 1.165) is 41.3 Å². The first kappa shape index (κ1) is 17.4. The third kappa shape index (κ3) is 3.79. The minimum Gasteiger partial charge on any atom is -0.497 e. The Bertz CT molecular complexity index is 1270. The number of rotatable bonds is 7. The molecule has 5 rings (SSSR count). The number of benzene rings is 2. The van der Waals surface area contributed by atoms with Crippen molar-refractivity contribution in [2.45, 2.75) is 37.8 Å². The van der Waals surface area contributed by atoms with Gasteiger partial charge in [0, 0.05) is 33.4 Å². The second kappa shape index (κ2) is 8.10. The van der Waals surface area contributed by atoms with Crippen molar-refractivity contribution in [3.8, 4) is 11.5 Å². The van der Waals surface area contributed by atoms with Gasteiger partial charge in [-0.3, -0.25) is 14.7 Å². The Morgan fingerprint density at radius 3 is 2.88 bits per heavy atom. The molecule has 2 heterocycles. The van der Waals surface area contributed by atoms with Gasteiger partial charge in [-0.25, -0.2) is 0 Å². The SMILES string of the molecule is [2H]C([2H])([2H])N1CC[C@H]1COc1ccc(C)c(C(=O)NC2(c3cc(OC)cc4ncccc34)CC2)c1. The van der Waals surface area contributed by atoms with Crippen LogP contribution >= 0.6 is 0 Å². The van der Waals surface area contributed by atoms with Crippen molar-refractivity contribution in [3.63, 3.8) is 0 Å². The number of fused-ring (bicyclic) bond motifs is 1. The van der Waals surface area contributed by atoms with E-state index in [9.17, 15) is 4.79 Å². The van der Waals surface area contributed by atoms with Gasteiger partial charge in [0.15, 0.2) is 0 Å². The van der Waals surface area contributed by atoms with Gasteiger partial charge in [0.25, 0.3) is 5.91 Å². The molecule has 1 amide bonds. The molecule has 1 aliphatic heterocycles. The molecule has 2 fully saturated rings. The molecule has 0 spiro atoms. The summed E-state index contributed by atoms with van der Waals surface area (Å²) < 4.78 is 34.2. The number of hydrogen-bond donors (Lipinski definition) is 1. The van der Waals surface area contributed by atoms with E-state index in [1.165, 1.54) is 4.90 Å². The monoisotopic (exact) mass is 434 g/mol. The van der Waals surface area contributed by atoms with Gasteiger partial charge in [-0.05, 0) is 75.1 Å². The van der Waals surface area contributed by atoms with Gasteiger partial charge in [-0.2, -0.15) is 0 Å². The van der Waals surface area contributed by atoms with Crippen LogP contribution in [0, 0.1) is 6.92 Å². The summed E-state index contributed by atoms with van der Waals surface area (Å²) in [5.74, 6) is 1.09. The van der Waals surface area contributed by atoms with E-state index in [4.69, 9.17) is 13.6 Å². The number of likely N-dealkylation sites (tertiary alicyclic amines) is 1. The highest BCUT2D eigenvalue weighted by atomic mass is 16.5. The van der Waals surface area contributed by atoms with Gasteiger partial charge in [0.05, 0.1) is 18.2 Å². The Kier molecular flexibility index (Phi) is 4.41. The summed E-state index contributed by atoms with van der Waals surface area (Å²) in [7, 11) is 1.63. The average Bonchev–Trinajstić information content (AvgIpc) is 3.57. The van der Waals surface area contributed by atoms with Gasteiger partial charge < -0.3 is 14.8 Å². The zero-order valence-corrected chi connectivity index (χ0v) is 18.4. The van der Waals surface area contributed by atoms with Gasteiger partial charge >= 0.3 is 0 Å². The van der Waals surface area contributed by atoms with E-state index < -0.39 is 12.5 Å². The molecule has 6 nitrogen and oxygen atoms in total. The molecule has 1 aliphatic carbocycles. The van der Waals surface area contributed by atoms with Gasteiger partial charge in [-0.1, -0.05) is 12.1 Å². The maximum atomic E-state index is 13.4. The van der Waals surface area contributed by atoms with Crippen LogP contribution in [-0.2, 0) is 5.54 Å². The lowest BCUT2D eigenvalue weighted by Crippen LogP contribution is -2.48. The Hall–Kier alpha value is -3.12. The van der Waals surface area contributed by atoms with Crippen molar-refractivity contribution in [2.75, 3.05) is 27.2 Å². The summed E-state index contributed by atoms with van der Waals surface area (Å²) >= 11 is 0. The molecule has 0 unspecified atom stereocenters. The Morgan fingerprint density at radius 2 is 2.16 bits per heavy atom. The lowest BCUT2D eigenvalue weighted by atomic mass is 9.97. The first-order valence-corrected chi connectivity index (χ1v) is 11.0. The molecular formula is C26H29N3O3. The van der Waals surface area contributed by atoms with Crippen LogP contribution in [0.1, 0.15) is 44.9 Å². The van der Waals surface area contributed by atoms with Crippen LogP contribution in [0.5, 0.6) is 11.5 Å². The van der Waals surface area contributed by atoms with E-state index in [0.29, 0.717) is 23.6 Å². The number of aryl methyl sites for hydroxylation is 1. The zero-order chi connectivity index (χ0) is 24.8. The standard InChI is InChI=1S/C26H29N3O3/c1-17-6-7-19(32-16-18-8-12-29(18)2)13-22(17)25(30)28-26(9-10-26)23-14-20(31-3)15-24-21(23)5-4-11-27-24/h4-7,11,13-15,18H,8-10,12,16H2,1-3H3,(H,28,30)/t18-/m0/s1/i2D3. The molecule has 1 saturated heterocycles. The number of ether oxygens (including phenoxy) is 2. The topological polar surface area (TPSA) is 63.7 Å². The summed E-state index contributed by atoms with van der Waals surface area (Å²) in [6, 6.07) is 13.1. The largest absolute Gasteiger partial charge is 0.497 e. The summed E-state index contributed by atoms with van der Waals surface area (Å²) in [5.41, 5.74) is 2.75. The molecule has 2 aromatic carbocycles. The fourth-order valence-corrected chi connectivity index (χ4v) is 4.28. The third-order valence-electron chi connectivity index (χ3n) is 6.59. The Labute approximate surface area is 192 Å². The van der Waals surface area contributed by atoms with Crippen molar-refractivity contribution in [2.24, 2.45) is 0 Å². The van der Waals surface area contributed by atoms with Crippen LogP contribution in [0.3, 0.4) is 0 Å². The number of carbonyl (C=O) groups excluding carboxylic acids is 1. The minimum atomic E-state index is -2.11. The summed E-state index contributed by atoms with van der Waals surface area (Å²) in [6.07, 6.45) is 4.19. The van der Waals surface area contributed by atoms with Crippen molar-refractivity contribution >= 4 is 16.8 Å². The van der Waals surface area contributed by atoms with E-state index in [1.807, 2.05) is 43.3 Å². The molecule has 1 N–H and O–H groups in total. The first-order valence-electron chi connectivity index (χ1n) is 12.5. The lowest BCUT2D eigenvalue weighted by molar-refractivity contribution is 0.0767. The minimum absolute atomic E-state index is 0.147. The number of nitrogens with zero attached hydrogens (tertiary/aromatic N) is 2. The van der Waals surface area contributed by atoms with Crippen molar-refractivity contribution < 1.29 is 18.4 Å². The first-order chi connectivity index (χ1) is 16.7. The molecule has 0 radical (unpaired) electrons. The second-order valence-corrected chi connectivity index (χ2v) is 8.70. The normalized spacial score (nSPS) is 21.1. The van der Waals surface area contributed by atoms with Crippen LogP contribution in [0.4, 0.5) is 0 Å². The molecule has 32 heavy (non-hydrogen) atoms. The number of aromatic nitrogens is 1. The number of carbonyl (C=O) groups is 1. The molecule has 166 valence electrons. The number of nitrogens with one attached hydrogen (secondary N) is 1. The van der Waals surface area contributed by atoms with E-state index >= 15 is 0 Å². The fourth-order valence-electron chi connectivity index (χ4n) is 4.28. The third-order valence-corrected chi connectivity index (χ3v) is 6.59. The number of hydrogen-bond acceptors (Lipinski definition) is 5. The molecule has 3 aromatic rings. The van der Waals surface area contributed by atoms with Crippen LogP contribution in [0.15, 0.2) is 48.7 Å². The smallest absolute Gasteiger partial charge is 0.252 e. The van der Waals surface area contributed by atoms with E-state index in [1.54, 1.807) is 19.4 Å². The number of methoxy groups -OCH3 is 1. The lowest BCUT2D eigenvalue weighted by Gasteiger charge is -2.37. The van der Waals surface area contributed by atoms with Crippen molar-refractivity contribution in [3.05, 3.63) is 65.4 Å². The fraction of sp³-hybridized carbons (Fsp3) is 0.385. The highest BCUT2D eigenvalue weighted by molar-refractivity contribution is 5.97. The number of amides is 1. The highest BCUT2D eigenvalue weighted by Crippen LogP contribution is 2.49. The zero-order valence-electron chi connectivity index (χ0n) is 21.4. The highest BCUT2D eigenvalue weighted by Gasteiger charge is 2.47. The predicted octanol–water partition coefficient (Wildman–Crippen LogP) is 4.05. The quantitative estimate of drug-likeness (QED) is 0.608. The number of pyridine rings is 1. The van der Waals surface area contributed by atoms with Gasteiger partial charge in [-0.15, -0.1) is 0 Å². The van der Waals surface area contributed by atoms with Crippen LogP contribution in [-0.4, -0.2) is 49.1 Å². The van der Waals surface area contributed by atoms with Crippen LogP contribution in [0.2, 0.25) is 0 Å². The summed E-state index contributed by atoms with van der Waals surface area (Å²) in [5, 5.41) is 4.26. The molecule has 6 heteroatoms. The molecule has 1 atom stereocenters. The Morgan fingerprint density at radius 1 is 1.28 bits per heavy atom. The van der Waals surface area contributed by atoms with E-state index in [2.05, 4.69) is 10.3 Å². The molecule has 1 saturated carbocycles. The maximum absolute atomic E-state index is 13.4. The van der Waals surface area contributed by atoms with Crippen LogP contribution < -0.4 is 14.8 Å². The Balaban J connectivity index is 1.35. The van der Waals surface area contributed by atoms with Gasteiger partial charge in [0.1, 0.15) is 18.1 Å². The predicted molar refractivity (Wildman–Crippen MR) is 124 cm³/mol. The van der Waals surface area contributed by atoms with Crippen molar-refractivity contribution in [1.82, 2.24) is 15.2 Å². The summed E-state index contributed by atoms with van der Waals surface area (Å²) in [6.45, 7) is 0.603. The molecule has 0 bridgehead atoms. The second-order valence-electron chi connectivity index (χ2n) is 8.70. The maximum Gasteiger partial charge on any atom is 0.252 e. The van der Waals surface area contributed by atoms with Crippen LogP contribution in [0.25, 0.3) is 10.9 Å². The summed E-state index contributed by atoms with van der Waals surface area (Å²) in [4.78, 5) is 19.4. The number of likely N-dealkylation sites (N-methyl/N-ethyl adjacent to an activating group) is 1. The molecular weight excluding hydrogens is 402 g/mol. The average molecular weight is 435 g/mol. The molecule has 1 aromatic heterocycles. The van der Waals surface area contributed by atoms with Gasteiger partial charge in [0.2, 0.25) is 0 Å².